The largest absolute Gasteiger partial charge is 0.454 e. The maximum Gasteiger partial charge on any atom is 0.416 e. The van der Waals surface area contributed by atoms with Gasteiger partial charge in [-0.2, -0.15) is 13.2 Å². The number of halogens is 3. The van der Waals surface area contributed by atoms with Gasteiger partial charge in [-0.15, -0.1) is 0 Å². The lowest BCUT2D eigenvalue weighted by Gasteiger charge is -2.11. The fraction of sp³-hybridized carbons (Fsp3) is 0.176. The molecule has 0 bridgehead atoms. The molecule has 2 aromatic carbocycles. The minimum atomic E-state index is -4.57. The van der Waals surface area contributed by atoms with Crippen molar-refractivity contribution in [3.63, 3.8) is 0 Å². The zero-order valence-corrected chi connectivity index (χ0v) is 13.3. The molecule has 26 heavy (non-hydrogen) atoms. The fourth-order valence-electron chi connectivity index (χ4n) is 2.24. The number of benzene rings is 2. The maximum atomic E-state index is 12.9. The molecular weight excluding hydrogens is 355 g/mol. The van der Waals surface area contributed by atoms with Gasteiger partial charge in [0.1, 0.15) is 11.3 Å². The van der Waals surface area contributed by atoms with E-state index < -0.39 is 23.6 Å². The van der Waals surface area contributed by atoms with Gasteiger partial charge in [0.2, 0.25) is 0 Å². The van der Waals surface area contributed by atoms with Gasteiger partial charge >= 0.3 is 12.1 Å². The third kappa shape index (κ3) is 3.41. The molecule has 0 saturated carbocycles. The van der Waals surface area contributed by atoms with E-state index in [0.29, 0.717) is 0 Å². The minimum absolute atomic E-state index is 0.0350. The van der Waals surface area contributed by atoms with E-state index in [1.165, 1.54) is 18.2 Å². The summed E-state index contributed by atoms with van der Waals surface area (Å²) in [4.78, 5) is 33.1. The van der Waals surface area contributed by atoms with E-state index in [4.69, 9.17) is 9.62 Å². The van der Waals surface area contributed by atoms with Crippen molar-refractivity contribution in [2.45, 2.75) is 19.5 Å². The van der Waals surface area contributed by atoms with Gasteiger partial charge in [-0.25, -0.2) is 4.79 Å². The van der Waals surface area contributed by atoms with Crippen LogP contribution in [0.2, 0.25) is 0 Å². The SMILES string of the molecule is CCC(=O)OOc1cccc2c1C(=O)Nc1cc(C(F)(F)F)ccc1O2. The monoisotopic (exact) mass is 367 g/mol. The van der Waals surface area contributed by atoms with Crippen molar-refractivity contribution < 1.29 is 37.3 Å². The van der Waals surface area contributed by atoms with Gasteiger partial charge in [-0.3, -0.25) is 14.6 Å². The molecule has 1 N–H and O–H groups in total. The van der Waals surface area contributed by atoms with Gasteiger partial charge in [0.15, 0.2) is 11.5 Å². The van der Waals surface area contributed by atoms with Crippen molar-refractivity contribution >= 4 is 17.6 Å². The quantitative estimate of drug-likeness (QED) is 0.646. The topological polar surface area (TPSA) is 73.9 Å². The molecule has 0 fully saturated rings. The second kappa shape index (κ2) is 6.58. The lowest BCUT2D eigenvalue weighted by atomic mass is 10.1. The molecule has 2 aromatic rings. The average Bonchev–Trinajstić information content (AvgIpc) is 2.74. The van der Waals surface area contributed by atoms with Crippen molar-refractivity contribution in [3.05, 3.63) is 47.5 Å². The maximum absolute atomic E-state index is 12.9. The summed E-state index contributed by atoms with van der Waals surface area (Å²) < 4.78 is 44.2. The predicted molar refractivity (Wildman–Crippen MR) is 82.9 cm³/mol. The summed E-state index contributed by atoms with van der Waals surface area (Å²) in [5, 5.41) is 2.35. The number of hydrogen-bond acceptors (Lipinski definition) is 5. The summed E-state index contributed by atoms with van der Waals surface area (Å²) in [5.41, 5.74) is -1.18. The number of alkyl halides is 3. The molecule has 0 atom stereocenters. The van der Waals surface area contributed by atoms with Gasteiger partial charge in [0.05, 0.1) is 11.3 Å². The van der Waals surface area contributed by atoms with Crippen LogP contribution in [0.4, 0.5) is 18.9 Å². The van der Waals surface area contributed by atoms with E-state index in [2.05, 4.69) is 10.2 Å². The number of rotatable bonds is 3. The van der Waals surface area contributed by atoms with Gasteiger partial charge in [0, 0.05) is 6.42 Å². The number of carbonyl (C=O) groups is 2. The highest BCUT2D eigenvalue weighted by Gasteiger charge is 2.33. The number of ether oxygens (including phenoxy) is 1. The molecule has 9 heteroatoms. The highest BCUT2D eigenvalue weighted by atomic mass is 19.4. The molecule has 0 saturated heterocycles. The highest BCUT2D eigenvalue weighted by molar-refractivity contribution is 6.09. The Balaban J connectivity index is 1.97. The second-order valence-corrected chi connectivity index (χ2v) is 5.29. The number of amides is 1. The highest BCUT2D eigenvalue weighted by Crippen LogP contribution is 2.41. The van der Waals surface area contributed by atoms with Crippen molar-refractivity contribution in [3.8, 4) is 17.2 Å². The van der Waals surface area contributed by atoms with E-state index in [0.717, 1.165) is 18.2 Å². The average molecular weight is 367 g/mol. The molecule has 1 amide bonds. The minimum Gasteiger partial charge on any atom is -0.454 e. The third-order valence-electron chi connectivity index (χ3n) is 3.50. The van der Waals surface area contributed by atoms with Crippen molar-refractivity contribution in [2.24, 2.45) is 0 Å². The van der Waals surface area contributed by atoms with E-state index >= 15 is 0 Å². The van der Waals surface area contributed by atoms with Crippen LogP contribution in [0.5, 0.6) is 17.2 Å². The van der Waals surface area contributed by atoms with Crippen LogP contribution >= 0.6 is 0 Å². The summed E-state index contributed by atoms with van der Waals surface area (Å²) in [6.07, 6.45) is -4.51. The Morgan fingerprint density at radius 1 is 1.19 bits per heavy atom. The number of nitrogens with one attached hydrogen (secondary N) is 1. The smallest absolute Gasteiger partial charge is 0.416 e. The summed E-state index contributed by atoms with van der Waals surface area (Å²) in [6, 6.07) is 7.02. The summed E-state index contributed by atoms with van der Waals surface area (Å²) in [7, 11) is 0. The molecule has 0 aliphatic carbocycles. The first-order valence-electron chi connectivity index (χ1n) is 7.50. The number of anilines is 1. The Kier molecular flexibility index (Phi) is 4.45. The van der Waals surface area contributed by atoms with Crippen LogP contribution in [-0.2, 0) is 15.9 Å². The molecule has 1 aliphatic rings. The zero-order valence-electron chi connectivity index (χ0n) is 13.3. The summed E-state index contributed by atoms with van der Waals surface area (Å²) in [5.74, 6) is -1.44. The first kappa shape index (κ1) is 17.6. The first-order chi connectivity index (χ1) is 12.3. The van der Waals surface area contributed by atoms with Crippen molar-refractivity contribution in [2.75, 3.05) is 5.32 Å². The number of hydrogen-bond donors (Lipinski definition) is 1. The Bertz CT molecular complexity index is 879. The fourth-order valence-corrected chi connectivity index (χ4v) is 2.24. The Morgan fingerprint density at radius 2 is 1.96 bits per heavy atom. The predicted octanol–water partition coefficient (Wildman–Crippen LogP) is 4.31. The number of fused-ring (bicyclic) bond motifs is 2. The normalized spacial score (nSPS) is 12.8. The van der Waals surface area contributed by atoms with Crippen LogP contribution in [0.1, 0.15) is 29.3 Å². The van der Waals surface area contributed by atoms with E-state index in [-0.39, 0.29) is 34.9 Å². The Hall–Kier alpha value is -3.23. The second-order valence-electron chi connectivity index (χ2n) is 5.29. The van der Waals surface area contributed by atoms with Crippen LogP contribution < -0.4 is 14.9 Å². The van der Waals surface area contributed by atoms with E-state index in [1.807, 2.05) is 0 Å². The lowest BCUT2D eigenvalue weighted by Crippen LogP contribution is -2.14. The van der Waals surface area contributed by atoms with Gasteiger partial charge in [-0.1, -0.05) is 13.0 Å². The first-order valence-corrected chi connectivity index (χ1v) is 7.50. The Labute approximate surface area is 145 Å². The number of carbonyl (C=O) groups excluding carboxylic acids is 2. The molecule has 1 aliphatic heterocycles. The molecule has 6 nitrogen and oxygen atoms in total. The van der Waals surface area contributed by atoms with Gasteiger partial charge in [-0.05, 0) is 30.3 Å². The van der Waals surface area contributed by atoms with Gasteiger partial charge in [0.25, 0.3) is 5.91 Å². The van der Waals surface area contributed by atoms with Crippen LogP contribution in [0.3, 0.4) is 0 Å². The van der Waals surface area contributed by atoms with Crippen LogP contribution in [0.15, 0.2) is 36.4 Å². The molecule has 0 aromatic heterocycles. The molecule has 0 unspecified atom stereocenters. The Morgan fingerprint density at radius 3 is 2.65 bits per heavy atom. The van der Waals surface area contributed by atoms with Crippen molar-refractivity contribution in [1.29, 1.82) is 0 Å². The molecule has 0 spiro atoms. The van der Waals surface area contributed by atoms with E-state index in [9.17, 15) is 22.8 Å². The third-order valence-corrected chi connectivity index (χ3v) is 3.50. The van der Waals surface area contributed by atoms with Crippen LogP contribution in [-0.4, -0.2) is 11.9 Å². The van der Waals surface area contributed by atoms with Crippen LogP contribution in [0.25, 0.3) is 0 Å². The van der Waals surface area contributed by atoms with Crippen LogP contribution in [0, 0.1) is 0 Å². The summed E-state index contributed by atoms with van der Waals surface area (Å²) >= 11 is 0. The molecule has 3 rings (SSSR count). The zero-order chi connectivity index (χ0) is 18.9. The molecular formula is C17H12F3NO5. The van der Waals surface area contributed by atoms with Gasteiger partial charge < -0.3 is 10.1 Å². The van der Waals surface area contributed by atoms with E-state index in [1.54, 1.807) is 6.92 Å². The van der Waals surface area contributed by atoms with Crippen molar-refractivity contribution in [1.82, 2.24) is 0 Å². The molecule has 0 radical (unpaired) electrons. The standard InChI is InChI=1S/C17H12F3NO5/c1-2-14(22)26-25-13-5-3-4-12-15(13)16(23)21-10-8-9(17(18,19)20)6-7-11(10)24-12/h3-8H,2H2,1H3,(H,21,23). The molecule has 1 heterocycles. The molecule has 136 valence electrons. The summed E-state index contributed by atoms with van der Waals surface area (Å²) in [6.45, 7) is 1.56. The lowest BCUT2D eigenvalue weighted by molar-refractivity contribution is -0.213.